The Morgan fingerprint density at radius 1 is 0.756 bits per heavy atom. The maximum absolute atomic E-state index is 12.9. The van der Waals surface area contributed by atoms with Crippen LogP contribution in [-0.4, -0.2) is 26.0 Å². The molecule has 0 bridgehead atoms. The number of aliphatic imine (C=N–C) groups is 1. The first-order chi connectivity index (χ1) is 20.0. The standard InChI is InChI=1S/C33H28N4O2S2/c1-19-7-11-21(12-8-19)37(22-13-9-20(2)10-14-22)28-18-17-27(40-28)25-15-16-26(31-29(25)35-41-36-31)34-30-23-5-3-4-6-24(23)32(38)33(30)39/h7-18,23-24H,3-6H2,1-2H3. The average molecular weight is 577 g/mol. The molecule has 2 aliphatic carbocycles. The number of hydrogen-bond acceptors (Lipinski definition) is 8. The molecule has 8 heteroatoms. The Balaban J connectivity index is 1.28. The van der Waals surface area contributed by atoms with Crippen molar-refractivity contribution >= 4 is 73.4 Å². The van der Waals surface area contributed by atoms with Gasteiger partial charge in [-0.25, -0.2) is 4.99 Å². The molecule has 7 rings (SSSR count). The second kappa shape index (κ2) is 10.4. The third kappa shape index (κ3) is 4.61. The molecule has 0 N–H and O–H groups in total. The van der Waals surface area contributed by atoms with E-state index in [1.807, 2.05) is 12.1 Å². The summed E-state index contributed by atoms with van der Waals surface area (Å²) in [5, 5.41) is 1.09. The van der Waals surface area contributed by atoms with Crippen LogP contribution in [0.5, 0.6) is 0 Å². The van der Waals surface area contributed by atoms with Gasteiger partial charge in [-0.1, -0.05) is 48.2 Å². The van der Waals surface area contributed by atoms with E-state index in [9.17, 15) is 9.59 Å². The zero-order valence-corrected chi connectivity index (χ0v) is 24.5. The number of rotatable bonds is 5. The van der Waals surface area contributed by atoms with Crippen molar-refractivity contribution in [2.24, 2.45) is 16.8 Å². The van der Waals surface area contributed by atoms with Crippen LogP contribution in [0.3, 0.4) is 0 Å². The van der Waals surface area contributed by atoms with Crippen LogP contribution in [0.15, 0.2) is 77.8 Å². The zero-order chi connectivity index (χ0) is 28.1. The van der Waals surface area contributed by atoms with Gasteiger partial charge in [0.15, 0.2) is 0 Å². The number of fused-ring (bicyclic) bond motifs is 2. The number of aromatic nitrogens is 2. The van der Waals surface area contributed by atoms with Gasteiger partial charge < -0.3 is 4.90 Å². The van der Waals surface area contributed by atoms with Crippen LogP contribution < -0.4 is 4.90 Å². The Bertz CT molecular complexity index is 1770. The highest BCUT2D eigenvalue weighted by Gasteiger charge is 2.47. The lowest BCUT2D eigenvalue weighted by atomic mass is 9.81. The number of carbonyl (C=O) groups is 2. The summed E-state index contributed by atoms with van der Waals surface area (Å²) >= 11 is 2.83. The summed E-state index contributed by atoms with van der Waals surface area (Å²) in [6, 6.07) is 25.3. The van der Waals surface area contributed by atoms with Crippen LogP contribution in [0.1, 0.15) is 36.8 Å². The van der Waals surface area contributed by atoms with Crippen molar-refractivity contribution in [3.05, 3.63) is 83.9 Å². The molecule has 2 aromatic heterocycles. The fourth-order valence-corrected chi connectivity index (χ4v) is 7.67. The van der Waals surface area contributed by atoms with E-state index >= 15 is 0 Å². The Morgan fingerprint density at radius 3 is 2.07 bits per heavy atom. The summed E-state index contributed by atoms with van der Waals surface area (Å²) in [5.74, 6) is -0.958. The molecule has 2 heterocycles. The molecule has 0 spiro atoms. The van der Waals surface area contributed by atoms with Crippen molar-refractivity contribution in [2.75, 3.05) is 4.90 Å². The summed E-state index contributed by atoms with van der Waals surface area (Å²) in [6.07, 6.45) is 3.64. The van der Waals surface area contributed by atoms with Crippen LogP contribution in [-0.2, 0) is 9.59 Å². The quantitative estimate of drug-likeness (QED) is 0.196. The topological polar surface area (TPSA) is 75.5 Å². The van der Waals surface area contributed by atoms with Gasteiger partial charge in [0.2, 0.25) is 11.6 Å². The van der Waals surface area contributed by atoms with E-state index in [0.717, 1.165) is 69.7 Å². The van der Waals surface area contributed by atoms with Crippen molar-refractivity contribution in [2.45, 2.75) is 39.5 Å². The lowest BCUT2D eigenvalue weighted by molar-refractivity contribution is -0.134. The predicted octanol–water partition coefficient (Wildman–Crippen LogP) is 8.54. The molecule has 2 fully saturated rings. The number of benzene rings is 3. The van der Waals surface area contributed by atoms with E-state index in [0.29, 0.717) is 16.9 Å². The van der Waals surface area contributed by atoms with Gasteiger partial charge >= 0.3 is 0 Å². The third-order valence-electron chi connectivity index (χ3n) is 8.21. The lowest BCUT2D eigenvalue weighted by Crippen LogP contribution is -2.21. The monoisotopic (exact) mass is 576 g/mol. The third-order valence-corrected chi connectivity index (χ3v) is 9.84. The fraction of sp³-hybridized carbons (Fsp3) is 0.242. The van der Waals surface area contributed by atoms with Gasteiger partial charge in [-0.05, 0) is 75.2 Å². The molecule has 2 aliphatic rings. The molecule has 2 atom stereocenters. The van der Waals surface area contributed by atoms with Crippen LogP contribution in [0.2, 0.25) is 0 Å². The number of nitrogens with zero attached hydrogens (tertiary/aromatic N) is 4. The summed E-state index contributed by atoms with van der Waals surface area (Å²) in [6.45, 7) is 4.19. The van der Waals surface area contributed by atoms with Crippen LogP contribution in [0, 0.1) is 25.7 Å². The SMILES string of the molecule is Cc1ccc(N(c2ccc(C)cc2)c2ccc(-c3ccc(N=C4C(=O)C(=O)C5CCCCC45)c4nsnc34)s2)cc1. The van der Waals surface area contributed by atoms with E-state index in [4.69, 9.17) is 4.99 Å². The Labute approximate surface area is 246 Å². The molecule has 3 aromatic carbocycles. The number of aryl methyl sites for hydroxylation is 2. The Morgan fingerprint density at radius 2 is 1.39 bits per heavy atom. The first kappa shape index (κ1) is 25.9. The molecule has 0 radical (unpaired) electrons. The van der Waals surface area contributed by atoms with Gasteiger partial charge in [0.05, 0.1) is 23.1 Å². The van der Waals surface area contributed by atoms with Crippen molar-refractivity contribution in [3.8, 4) is 10.4 Å². The minimum atomic E-state index is -0.419. The minimum Gasteiger partial charge on any atom is -0.302 e. The van der Waals surface area contributed by atoms with Gasteiger partial charge in [0.1, 0.15) is 16.0 Å². The number of anilines is 3. The summed E-state index contributed by atoms with van der Waals surface area (Å²) in [4.78, 5) is 33.6. The van der Waals surface area contributed by atoms with Crippen LogP contribution in [0.25, 0.3) is 21.5 Å². The average Bonchev–Trinajstić information content (AvgIpc) is 3.73. The van der Waals surface area contributed by atoms with Gasteiger partial charge in [-0.3, -0.25) is 9.59 Å². The van der Waals surface area contributed by atoms with Crippen molar-refractivity contribution in [1.29, 1.82) is 0 Å². The summed E-state index contributed by atoms with van der Waals surface area (Å²) in [5.41, 5.74) is 8.05. The first-order valence-corrected chi connectivity index (χ1v) is 15.5. The summed E-state index contributed by atoms with van der Waals surface area (Å²) in [7, 11) is 0. The van der Waals surface area contributed by atoms with E-state index in [1.54, 1.807) is 11.3 Å². The van der Waals surface area contributed by atoms with Crippen LogP contribution >= 0.6 is 23.1 Å². The molecular formula is C33H28N4O2S2. The molecule has 2 saturated carbocycles. The largest absolute Gasteiger partial charge is 0.302 e. The van der Waals surface area contributed by atoms with E-state index in [2.05, 4.69) is 88.2 Å². The molecule has 41 heavy (non-hydrogen) atoms. The van der Waals surface area contributed by atoms with Crippen molar-refractivity contribution < 1.29 is 9.59 Å². The van der Waals surface area contributed by atoms with Crippen molar-refractivity contribution in [1.82, 2.24) is 8.75 Å². The van der Waals surface area contributed by atoms with E-state index in [1.165, 1.54) is 11.1 Å². The van der Waals surface area contributed by atoms with Gasteiger partial charge in [0, 0.05) is 33.7 Å². The van der Waals surface area contributed by atoms with E-state index < -0.39 is 5.78 Å². The van der Waals surface area contributed by atoms with E-state index in [-0.39, 0.29) is 17.6 Å². The highest BCUT2D eigenvalue weighted by Crippen LogP contribution is 2.44. The molecular weight excluding hydrogens is 549 g/mol. The fourth-order valence-electron chi connectivity index (χ4n) is 6.02. The Kier molecular flexibility index (Phi) is 6.60. The summed E-state index contributed by atoms with van der Waals surface area (Å²) < 4.78 is 9.21. The molecule has 5 aromatic rings. The Hall–Kier alpha value is -4.01. The van der Waals surface area contributed by atoms with Crippen molar-refractivity contribution in [3.63, 3.8) is 0 Å². The van der Waals surface area contributed by atoms with Gasteiger partial charge in [-0.15, -0.1) is 11.3 Å². The maximum Gasteiger partial charge on any atom is 0.243 e. The second-order valence-electron chi connectivity index (χ2n) is 10.9. The van der Waals surface area contributed by atoms with Crippen LogP contribution in [0.4, 0.5) is 22.1 Å². The highest BCUT2D eigenvalue weighted by molar-refractivity contribution is 7.19. The number of thiophene rings is 1. The molecule has 2 unspecified atom stereocenters. The maximum atomic E-state index is 12.9. The number of carbonyl (C=O) groups excluding carboxylic acids is 2. The van der Waals surface area contributed by atoms with Gasteiger partial charge in [-0.2, -0.15) is 8.75 Å². The van der Waals surface area contributed by atoms with Gasteiger partial charge in [0.25, 0.3) is 0 Å². The molecule has 6 nitrogen and oxygen atoms in total. The zero-order valence-electron chi connectivity index (χ0n) is 22.8. The molecule has 0 saturated heterocycles. The number of Topliss-reactive ketones (excluding diaryl/α,β-unsaturated/α-hetero) is 2. The minimum absolute atomic E-state index is 0.0699. The molecule has 0 amide bonds. The molecule has 0 aliphatic heterocycles. The second-order valence-corrected chi connectivity index (χ2v) is 12.5. The molecule has 204 valence electrons. The smallest absolute Gasteiger partial charge is 0.243 e. The lowest BCUT2D eigenvalue weighted by Gasteiger charge is -2.24. The first-order valence-electron chi connectivity index (χ1n) is 13.9. The number of ketones is 2. The number of hydrogen-bond donors (Lipinski definition) is 0. The normalized spacial score (nSPS) is 19.7. The predicted molar refractivity (Wildman–Crippen MR) is 167 cm³/mol. The highest BCUT2D eigenvalue weighted by atomic mass is 32.1.